The zero-order chi connectivity index (χ0) is 20.3. The minimum absolute atomic E-state index is 0.296. The van der Waals surface area contributed by atoms with Gasteiger partial charge >= 0.3 is 6.18 Å². The van der Waals surface area contributed by atoms with Gasteiger partial charge in [0, 0.05) is 12.2 Å². The Labute approximate surface area is 161 Å². The summed E-state index contributed by atoms with van der Waals surface area (Å²) in [7, 11) is 0. The molecule has 146 valence electrons. The van der Waals surface area contributed by atoms with Crippen LogP contribution in [-0.2, 0) is 12.7 Å². The normalized spacial score (nSPS) is 11.4. The minimum atomic E-state index is -4.34. The molecular weight excluding hydrogens is 367 g/mol. The molecule has 0 radical (unpaired) electrons. The molecular formula is C20H20F3N5. The first-order chi connectivity index (χ1) is 13.2. The van der Waals surface area contributed by atoms with Gasteiger partial charge < -0.3 is 10.6 Å². The predicted molar refractivity (Wildman–Crippen MR) is 103 cm³/mol. The molecule has 1 heterocycles. The first-order valence-corrected chi connectivity index (χ1v) is 8.68. The first-order valence-electron chi connectivity index (χ1n) is 8.68. The van der Waals surface area contributed by atoms with Crippen LogP contribution in [0.25, 0.3) is 0 Å². The Bertz CT molecular complexity index is 969. The van der Waals surface area contributed by atoms with Crippen molar-refractivity contribution in [2.24, 2.45) is 0 Å². The lowest BCUT2D eigenvalue weighted by molar-refractivity contribution is -0.137. The first kappa shape index (κ1) is 19.6. The van der Waals surface area contributed by atoms with Crippen molar-refractivity contribution in [2.75, 3.05) is 10.6 Å². The third-order valence-corrected chi connectivity index (χ3v) is 4.11. The van der Waals surface area contributed by atoms with E-state index in [1.807, 2.05) is 26.0 Å². The topological polar surface area (TPSA) is 62.7 Å². The molecule has 0 aliphatic carbocycles. The average Bonchev–Trinajstić information content (AvgIpc) is 2.62. The van der Waals surface area contributed by atoms with E-state index in [1.54, 1.807) is 6.92 Å². The van der Waals surface area contributed by atoms with Crippen molar-refractivity contribution in [1.82, 2.24) is 15.0 Å². The lowest BCUT2D eigenvalue weighted by atomic mass is 10.1. The van der Waals surface area contributed by atoms with E-state index in [-0.39, 0.29) is 0 Å². The lowest BCUT2D eigenvalue weighted by Crippen LogP contribution is -2.09. The molecule has 2 N–H and O–H groups in total. The Hall–Kier alpha value is -3.16. The van der Waals surface area contributed by atoms with E-state index in [1.165, 1.54) is 12.1 Å². The van der Waals surface area contributed by atoms with Gasteiger partial charge in [-0.25, -0.2) is 0 Å². The fourth-order valence-corrected chi connectivity index (χ4v) is 2.68. The third kappa shape index (κ3) is 4.97. The van der Waals surface area contributed by atoms with Crippen LogP contribution in [0.2, 0.25) is 0 Å². The summed E-state index contributed by atoms with van der Waals surface area (Å²) >= 11 is 0. The Morgan fingerprint density at radius 2 is 1.54 bits per heavy atom. The fourth-order valence-electron chi connectivity index (χ4n) is 2.68. The van der Waals surface area contributed by atoms with Gasteiger partial charge in [0.2, 0.25) is 11.9 Å². The standard InChI is InChI=1S/C20H20F3N5/c1-12-4-9-17(13(2)10-12)27-19-26-14(3)25-18(28-19)24-11-15-5-7-16(8-6-15)20(21,22)23/h4-10H,11H2,1-3H3,(H2,24,25,26,27,28). The van der Waals surface area contributed by atoms with Crippen LogP contribution < -0.4 is 10.6 Å². The van der Waals surface area contributed by atoms with Crippen LogP contribution in [0, 0.1) is 20.8 Å². The summed E-state index contributed by atoms with van der Waals surface area (Å²) in [6.07, 6.45) is -4.34. The molecule has 0 saturated carbocycles. The van der Waals surface area contributed by atoms with E-state index in [0.717, 1.165) is 28.9 Å². The summed E-state index contributed by atoms with van der Waals surface area (Å²) in [6, 6.07) is 11.0. The third-order valence-electron chi connectivity index (χ3n) is 4.11. The Morgan fingerprint density at radius 1 is 0.857 bits per heavy atom. The number of hydrogen-bond acceptors (Lipinski definition) is 5. The van der Waals surface area contributed by atoms with Gasteiger partial charge in [-0.2, -0.15) is 28.1 Å². The van der Waals surface area contributed by atoms with Crippen LogP contribution >= 0.6 is 0 Å². The van der Waals surface area contributed by atoms with Crippen molar-refractivity contribution in [3.8, 4) is 0 Å². The van der Waals surface area contributed by atoms with E-state index in [2.05, 4.69) is 31.7 Å². The fraction of sp³-hybridized carbons (Fsp3) is 0.250. The van der Waals surface area contributed by atoms with Gasteiger partial charge in [0.05, 0.1) is 5.56 Å². The number of rotatable bonds is 5. The van der Waals surface area contributed by atoms with E-state index < -0.39 is 11.7 Å². The maximum Gasteiger partial charge on any atom is 0.416 e. The molecule has 3 aromatic rings. The maximum absolute atomic E-state index is 12.6. The van der Waals surface area contributed by atoms with E-state index >= 15 is 0 Å². The van der Waals surface area contributed by atoms with Crippen LogP contribution in [0.4, 0.5) is 30.8 Å². The summed E-state index contributed by atoms with van der Waals surface area (Å²) in [5.74, 6) is 1.27. The zero-order valence-electron chi connectivity index (χ0n) is 15.7. The summed E-state index contributed by atoms with van der Waals surface area (Å²) in [4.78, 5) is 12.9. The Morgan fingerprint density at radius 3 is 2.18 bits per heavy atom. The van der Waals surface area contributed by atoms with Gasteiger partial charge in [-0.05, 0) is 50.1 Å². The van der Waals surface area contributed by atoms with Crippen molar-refractivity contribution in [2.45, 2.75) is 33.5 Å². The number of hydrogen-bond donors (Lipinski definition) is 2. The molecule has 28 heavy (non-hydrogen) atoms. The molecule has 0 fully saturated rings. The SMILES string of the molecule is Cc1ccc(Nc2nc(C)nc(NCc3ccc(C(F)(F)F)cc3)n2)c(C)c1. The quantitative estimate of drug-likeness (QED) is 0.632. The summed E-state index contributed by atoms with van der Waals surface area (Å²) in [5, 5.41) is 6.20. The number of alkyl halides is 3. The van der Waals surface area contributed by atoms with Gasteiger partial charge in [-0.1, -0.05) is 29.8 Å². The number of nitrogens with zero attached hydrogens (tertiary/aromatic N) is 3. The number of nitrogens with one attached hydrogen (secondary N) is 2. The van der Waals surface area contributed by atoms with E-state index in [4.69, 9.17) is 0 Å². The second-order valence-electron chi connectivity index (χ2n) is 6.52. The summed E-state index contributed by atoms with van der Waals surface area (Å²) < 4.78 is 37.9. The largest absolute Gasteiger partial charge is 0.416 e. The molecule has 2 aromatic carbocycles. The molecule has 0 bridgehead atoms. The molecule has 0 unspecified atom stereocenters. The van der Waals surface area contributed by atoms with Crippen molar-refractivity contribution in [3.63, 3.8) is 0 Å². The molecule has 0 amide bonds. The molecule has 1 aromatic heterocycles. The van der Waals surface area contributed by atoms with Crippen molar-refractivity contribution >= 4 is 17.6 Å². The van der Waals surface area contributed by atoms with Gasteiger partial charge in [0.1, 0.15) is 5.82 Å². The van der Waals surface area contributed by atoms with Crippen LogP contribution in [0.3, 0.4) is 0 Å². The highest BCUT2D eigenvalue weighted by Crippen LogP contribution is 2.29. The minimum Gasteiger partial charge on any atom is -0.350 e. The van der Waals surface area contributed by atoms with Crippen LogP contribution in [0.15, 0.2) is 42.5 Å². The molecule has 0 aliphatic rings. The van der Waals surface area contributed by atoms with Gasteiger partial charge in [0.15, 0.2) is 0 Å². The highest BCUT2D eigenvalue weighted by Gasteiger charge is 2.29. The summed E-state index contributed by atoms with van der Waals surface area (Å²) in [6.45, 7) is 6.06. The predicted octanol–water partition coefficient (Wildman–Crippen LogP) is 5.17. The number of aryl methyl sites for hydroxylation is 3. The van der Waals surface area contributed by atoms with E-state index in [9.17, 15) is 13.2 Å². The number of aromatic nitrogens is 3. The van der Waals surface area contributed by atoms with E-state index in [0.29, 0.717) is 29.8 Å². The Balaban J connectivity index is 1.71. The number of halogens is 3. The maximum atomic E-state index is 12.6. The van der Waals surface area contributed by atoms with Crippen LogP contribution in [0.5, 0.6) is 0 Å². The van der Waals surface area contributed by atoms with Crippen molar-refractivity contribution < 1.29 is 13.2 Å². The van der Waals surface area contributed by atoms with Crippen molar-refractivity contribution in [1.29, 1.82) is 0 Å². The van der Waals surface area contributed by atoms with Gasteiger partial charge in [-0.3, -0.25) is 0 Å². The van der Waals surface area contributed by atoms with Gasteiger partial charge in [0.25, 0.3) is 0 Å². The van der Waals surface area contributed by atoms with Crippen LogP contribution in [0.1, 0.15) is 28.1 Å². The number of anilines is 3. The highest BCUT2D eigenvalue weighted by molar-refractivity contribution is 5.59. The van der Waals surface area contributed by atoms with Gasteiger partial charge in [-0.15, -0.1) is 0 Å². The highest BCUT2D eigenvalue weighted by atomic mass is 19.4. The molecule has 0 aliphatic heterocycles. The molecule has 0 atom stereocenters. The van der Waals surface area contributed by atoms with Crippen LogP contribution in [-0.4, -0.2) is 15.0 Å². The number of benzene rings is 2. The molecule has 5 nitrogen and oxygen atoms in total. The monoisotopic (exact) mass is 387 g/mol. The zero-order valence-corrected chi connectivity index (χ0v) is 15.7. The molecule has 0 saturated heterocycles. The molecule has 8 heteroatoms. The molecule has 3 rings (SSSR count). The molecule has 0 spiro atoms. The van der Waals surface area contributed by atoms with Crippen molar-refractivity contribution in [3.05, 3.63) is 70.5 Å². The Kier molecular flexibility index (Phi) is 5.48. The second kappa shape index (κ2) is 7.84. The summed E-state index contributed by atoms with van der Waals surface area (Å²) in [5.41, 5.74) is 3.14. The lowest BCUT2D eigenvalue weighted by Gasteiger charge is -2.11. The smallest absolute Gasteiger partial charge is 0.350 e. The second-order valence-corrected chi connectivity index (χ2v) is 6.52. The average molecular weight is 387 g/mol.